The average molecular weight is 200 g/mol. The summed E-state index contributed by atoms with van der Waals surface area (Å²) in [4.78, 5) is 0. The lowest BCUT2D eigenvalue weighted by Gasteiger charge is -2.24. The van der Waals surface area contributed by atoms with Crippen LogP contribution >= 0.6 is 0 Å². The van der Waals surface area contributed by atoms with Gasteiger partial charge in [0.15, 0.2) is 11.6 Å². The molecule has 0 radical (unpaired) electrons. The van der Waals surface area contributed by atoms with Crippen molar-refractivity contribution in [1.29, 1.82) is 0 Å². The lowest BCUT2D eigenvalue weighted by molar-refractivity contribution is 0.0992. The Morgan fingerprint density at radius 3 is 2.43 bits per heavy atom. The Morgan fingerprint density at radius 2 is 1.93 bits per heavy atom. The largest absolute Gasteiger partial charge is 0.485 e. The Balaban J connectivity index is 2.87. The third-order valence-electron chi connectivity index (χ3n) is 2.13. The molecule has 1 rings (SSSR count). The summed E-state index contributed by atoms with van der Waals surface area (Å²) in [6.45, 7) is 5.66. The van der Waals surface area contributed by atoms with Gasteiger partial charge in [0.05, 0.1) is 0 Å². The molecule has 0 amide bonds. The molecule has 0 fully saturated rings. The molecule has 0 bridgehead atoms. The minimum Gasteiger partial charge on any atom is -0.485 e. The molecule has 0 saturated carbocycles. The van der Waals surface area contributed by atoms with Crippen LogP contribution in [0.1, 0.15) is 27.2 Å². The number of hydrogen-bond acceptors (Lipinski definition) is 1. The number of halogens is 2. The standard InChI is InChI=1S/C11H14F2O/c1-4-11(2,3)14-10-6-5-8(12)7-9(10)13/h5-7H,4H2,1-3H3. The summed E-state index contributed by atoms with van der Waals surface area (Å²) in [6, 6.07) is 3.31. The van der Waals surface area contributed by atoms with E-state index in [1.54, 1.807) is 0 Å². The molecule has 0 aliphatic heterocycles. The normalized spacial score (nSPS) is 11.5. The Hall–Kier alpha value is -1.12. The van der Waals surface area contributed by atoms with Gasteiger partial charge in [-0.3, -0.25) is 0 Å². The van der Waals surface area contributed by atoms with Crippen molar-refractivity contribution in [1.82, 2.24) is 0 Å². The van der Waals surface area contributed by atoms with E-state index in [0.29, 0.717) is 0 Å². The van der Waals surface area contributed by atoms with Gasteiger partial charge in [-0.1, -0.05) is 6.92 Å². The molecule has 0 aliphatic carbocycles. The van der Waals surface area contributed by atoms with E-state index < -0.39 is 17.2 Å². The van der Waals surface area contributed by atoms with Crippen molar-refractivity contribution in [2.24, 2.45) is 0 Å². The van der Waals surface area contributed by atoms with Gasteiger partial charge in [-0.2, -0.15) is 0 Å². The fourth-order valence-electron chi connectivity index (χ4n) is 0.928. The van der Waals surface area contributed by atoms with Gasteiger partial charge in [-0.05, 0) is 32.4 Å². The molecule has 14 heavy (non-hydrogen) atoms. The summed E-state index contributed by atoms with van der Waals surface area (Å²) in [5, 5.41) is 0. The van der Waals surface area contributed by atoms with E-state index in [4.69, 9.17) is 4.74 Å². The summed E-state index contributed by atoms with van der Waals surface area (Å²) in [5.41, 5.74) is -0.432. The van der Waals surface area contributed by atoms with Gasteiger partial charge < -0.3 is 4.74 Å². The van der Waals surface area contributed by atoms with Crippen LogP contribution in [-0.2, 0) is 0 Å². The molecular formula is C11H14F2O. The number of hydrogen-bond donors (Lipinski definition) is 0. The summed E-state index contributed by atoms with van der Waals surface area (Å²) in [5.74, 6) is -1.16. The lowest BCUT2D eigenvalue weighted by atomic mass is 10.1. The maximum absolute atomic E-state index is 13.2. The monoisotopic (exact) mass is 200 g/mol. The number of ether oxygens (including phenoxy) is 1. The fourth-order valence-corrected chi connectivity index (χ4v) is 0.928. The summed E-state index contributed by atoms with van der Waals surface area (Å²) < 4.78 is 31.1. The van der Waals surface area contributed by atoms with Gasteiger partial charge >= 0.3 is 0 Å². The molecule has 0 unspecified atom stereocenters. The van der Waals surface area contributed by atoms with Crippen molar-refractivity contribution in [3.05, 3.63) is 29.8 Å². The summed E-state index contributed by atoms with van der Waals surface area (Å²) in [6.07, 6.45) is 0.754. The van der Waals surface area contributed by atoms with Crippen LogP contribution in [0.4, 0.5) is 8.78 Å². The topological polar surface area (TPSA) is 9.23 Å². The van der Waals surface area contributed by atoms with Crippen molar-refractivity contribution in [3.8, 4) is 5.75 Å². The van der Waals surface area contributed by atoms with Gasteiger partial charge in [-0.25, -0.2) is 8.78 Å². The molecule has 1 aromatic rings. The van der Waals surface area contributed by atoms with Gasteiger partial charge in [0.1, 0.15) is 11.4 Å². The van der Waals surface area contributed by atoms with Crippen LogP contribution in [-0.4, -0.2) is 5.60 Å². The van der Waals surface area contributed by atoms with E-state index in [1.807, 2.05) is 20.8 Å². The molecule has 0 aromatic heterocycles. The molecule has 78 valence electrons. The molecule has 0 aliphatic rings. The predicted octanol–water partition coefficient (Wildman–Crippen LogP) is 3.53. The van der Waals surface area contributed by atoms with Crippen LogP contribution in [0.3, 0.4) is 0 Å². The maximum atomic E-state index is 13.2. The summed E-state index contributed by atoms with van der Waals surface area (Å²) >= 11 is 0. The Labute approximate surface area is 82.7 Å². The Kier molecular flexibility index (Phi) is 3.09. The maximum Gasteiger partial charge on any atom is 0.168 e. The Morgan fingerprint density at radius 1 is 1.29 bits per heavy atom. The molecule has 0 saturated heterocycles. The van der Waals surface area contributed by atoms with Crippen LogP contribution in [0.15, 0.2) is 18.2 Å². The first kappa shape index (κ1) is 11.0. The molecular weight excluding hydrogens is 186 g/mol. The zero-order valence-electron chi connectivity index (χ0n) is 8.60. The van der Waals surface area contributed by atoms with Crippen LogP contribution in [0.25, 0.3) is 0 Å². The van der Waals surface area contributed by atoms with Crippen molar-refractivity contribution in [2.45, 2.75) is 32.8 Å². The smallest absolute Gasteiger partial charge is 0.168 e. The highest BCUT2D eigenvalue weighted by molar-refractivity contribution is 5.25. The van der Waals surface area contributed by atoms with Gasteiger partial charge in [0.2, 0.25) is 0 Å². The van der Waals surface area contributed by atoms with Gasteiger partial charge in [0.25, 0.3) is 0 Å². The third-order valence-corrected chi connectivity index (χ3v) is 2.13. The molecule has 1 nitrogen and oxygen atoms in total. The van der Waals surface area contributed by atoms with Crippen LogP contribution < -0.4 is 4.74 Å². The van der Waals surface area contributed by atoms with Gasteiger partial charge in [-0.15, -0.1) is 0 Å². The molecule has 0 spiro atoms. The molecule has 0 N–H and O–H groups in total. The number of benzene rings is 1. The van der Waals surface area contributed by atoms with Crippen molar-refractivity contribution >= 4 is 0 Å². The van der Waals surface area contributed by atoms with E-state index in [2.05, 4.69) is 0 Å². The van der Waals surface area contributed by atoms with E-state index >= 15 is 0 Å². The minimum atomic E-state index is -0.661. The highest BCUT2D eigenvalue weighted by Gasteiger charge is 2.18. The minimum absolute atomic E-state index is 0.0956. The fraction of sp³-hybridized carbons (Fsp3) is 0.455. The second-order valence-corrected chi connectivity index (χ2v) is 3.79. The first-order valence-corrected chi connectivity index (χ1v) is 4.58. The van der Waals surface area contributed by atoms with E-state index in [0.717, 1.165) is 12.5 Å². The zero-order chi connectivity index (χ0) is 10.8. The van der Waals surface area contributed by atoms with Crippen molar-refractivity contribution in [2.75, 3.05) is 0 Å². The van der Waals surface area contributed by atoms with Crippen LogP contribution in [0, 0.1) is 11.6 Å². The van der Waals surface area contributed by atoms with Crippen LogP contribution in [0.2, 0.25) is 0 Å². The van der Waals surface area contributed by atoms with Crippen molar-refractivity contribution < 1.29 is 13.5 Å². The van der Waals surface area contributed by atoms with E-state index in [-0.39, 0.29) is 5.75 Å². The second kappa shape index (κ2) is 3.95. The first-order chi connectivity index (χ1) is 6.44. The average Bonchev–Trinajstić information content (AvgIpc) is 2.10. The zero-order valence-corrected chi connectivity index (χ0v) is 8.60. The quantitative estimate of drug-likeness (QED) is 0.725. The van der Waals surface area contributed by atoms with E-state index in [9.17, 15) is 8.78 Å². The molecule has 0 heterocycles. The number of rotatable bonds is 3. The molecule has 3 heteroatoms. The van der Waals surface area contributed by atoms with Gasteiger partial charge in [0, 0.05) is 6.07 Å². The predicted molar refractivity (Wildman–Crippen MR) is 51.4 cm³/mol. The molecule has 0 atom stereocenters. The molecule has 1 aromatic carbocycles. The third kappa shape index (κ3) is 2.69. The SMILES string of the molecule is CCC(C)(C)Oc1ccc(F)cc1F. The Bertz CT molecular complexity index is 321. The summed E-state index contributed by atoms with van der Waals surface area (Å²) in [7, 11) is 0. The van der Waals surface area contributed by atoms with Crippen molar-refractivity contribution in [3.63, 3.8) is 0 Å². The second-order valence-electron chi connectivity index (χ2n) is 3.79. The van der Waals surface area contributed by atoms with E-state index in [1.165, 1.54) is 12.1 Å². The first-order valence-electron chi connectivity index (χ1n) is 4.58. The highest BCUT2D eigenvalue weighted by Crippen LogP contribution is 2.24. The lowest BCUT2D eigenvalue weighted by Crippen LogP contribution is -2.27. The van der Waals surface area contributed by atoms with Crippen LogP contribution in [0.5, 0.6) is 5.75 Å². The highest BCUT2D eigenvalue weighted by atomic mass is 19.1.